The minimum Gasteiger partial charge on any atom is -0.383 e. The highest BCUT2D eigenvalue weighted by molar-refractivity contribution is 6.04. The molecular weight excluding hydrogens is 366 g/mol. The lowest BCUT2D eigenvalue weighted by atomic mass is 10.00. The van der Waals surface area contributed by atoms with E-state index in [9.17, 15) is 4.79 Å². The quantitative estimate of drug-likeness (QED) is 0.580. The fourth-order valence-corrected chi connectivity index (χ4v) is 3.40. The predicted molar refractivity (Wildman–Crippen MR) is 113 cm³/mol. The molecule has 1 fully saturated rings. The molecule has 1 aliphatic carbocycles. The second-order valence-corrected chi connectivity index (χ2v) is 7.55. The maximum absolute atomic E-state index is 12.7. The van der Waals surface area contributed by atoms with Crippen molar-refractivity contribution in [3.8, 4) is 11.8 Å². The van der Waals surface area contributed by atoms with E-state index in [1.165, 1.54) is 0 Å². The van der Waals surface area contributed by atoms with Gasteiger partial charge in [0, 0.05) is 23.9 Å². The average Bonchev–Trinajstić information content (AvgIpc) is 3.33. The molecule has 0 spiro atoms. The molecule has 29 heavy (non-hydrogen) atoms. The van der Waals surface area contributed by atoms with Gasteiger partial charge in [-0.3, -0.25) is 4.79 Å². The zero-order valence-electron chi connectivity index (χ0n) is 16.7. The van der Waals surface area contributed by atoms with Crippen molar-refractivity contribution in [2.75, 3.05) is 18.2 Å². The molecule has 1 aliphatic rings. The second kappa shape index (κ2) is 7.22. The van der Waals surface area contributed by atoms with Gasteiger partial charge in [-0.25, -0.2) is 9.97 Å². The van der Waals surface area contributed by atoms with Crippen molar-refractivity contribution in [1.82, 2.24) is 15.0 Å². The van der Waals surface area contributed by atoms with Crippen molar-refractivity contribution in [2.45, 2.75) is 38.7 Å². The summed E-state index contributed by atoms with van der Waals surface area (Å²) in [7, 11) is 1.64. The van der Waals surface area contributed by atoms with Crippen LogP contribution in [-0.2, 0) is 16.8 Å². The molecule has 0 bridgehead atoms. The first-order valence-electron chi connectivity index (χ1n) is 9.47. The third-order valence-electron chi connectivity index (χ3n) is 5.26. The number of carbonyl (C=O) groups excluding carboxylic acids is 1. The number of hydrogen-bond donors (Lipinski definition) is 3. The number of hydrogen-bond acceptors (Lipinski definition) is 5. The zero-order chi connectivity index (χ0) is 20.6. The van der Waals surface area contributed by atoms with Crippen LogP contribution in [0.3, 0.4) is 0 Å². The third kappa shape index (κ3) is 3.55. The van der Waals surface area contributed by atoms with Crippen molar-refractivity contribution in [2.24, 2.45) is 0 Å². The number of anilines is 2. The maximum Gasteiger partial charge on any atom is 0.293 e. The number of ether oxygens (including phenoxy) is 1. The minimum absolute atomic E-state index is 0.0146. The second-order valence-electron chi connectivity index (χ2n) is 7.55. The van der Waals surface area contributed by atoms with E-state index in [4.69, 9.17) is 10.5 Å². The van der Waals surface area contributed by atoms with Gasteiger partial charge in [-0.15, -0.1) is 5.92 Å². The lowest BCUT2D eigenvalue weighted by molar-refractivity contribution is 0.101. The van der Waals surface area contributed by atoms with Crippen LogP contribution in [0.1, 0.15) is 54.1 Å². The van der Waals surface area contributed by atoms with E-state index in [1.807, 2.05) is 24.3 Å². The number of carbonyl (C=O) groups is 1. The first-order valence-corrected chi connectivity index (χ1v) is 9.47. The molecule has 148 valence electrons. The van der Waals surface area contributed by atoms with E-state index < -0.39 is 5.91 Å². The average molecular weight is 389 g/mol. The molecule has 2 aromatic heterocycles. The molecule has 7 heteroatoms. The summed E-state index contributed by atoms with van der Waals surface area (Å²) in [5.41, 5.74) is 10.3. The summed E-state index contributed by atoms with van der Waals surface area (Å²) >= 11 is 0. The standard InChI is InChI=1S/C22H23N5O2/c1-4-5-15-16-18(23)26-20(27-19(16)25-17(15)22(2)10-11-22)21(28)24-14-8-6-13(7-9-14)12-29-3/h6-9H,10-12H2,1-3H3,(H,24,28)(H3,23,25,26,27). The maximum atomic E-state index is 12.7. The Morgan fingerprint density at radius 2 is 2.03 bits per heavy atom. The van der Waals surface area contributed by atoms with Crippen LogP contribution < -0.4 is 11.1 Å². The van der Waals surface area contributed by atoms with Gasteiger partial charge in [0.2, 0.25) is 5.82 Å². The first-order chi connectivity index (χ1) is 13.9. The van der Waals surface area contributed by atoms with E-state index in [1.54, 1.807) is 14.0 Å². The van der Waals surface area contributed by atoms with Crippen molar-refractivity contribution < 1.29 is 9.53 Å². The highest BCUT2D eigenvalue weighted by Gasteiger charge is 2.43. The van der Waals surface area contributed by atoms with E-state index in [-0.39, 0.29) is 17.1 Å². The Bertz CT molecular complexity index is 1150. The van der Waals surface area contributed by atoms with Gasteiger partial charge < -0.3 is 20.8 Å². The first kappa shape index (κ1) is 19.0. The molecule has 1 aromatic carbocycles. The third-order valence-corrected chi connectivity index (χ3v) is 5.26. The van der Waals surface area contributed by atoms with Gasteiger partial charge in [-0.1, -0.05) is 25.0 Å². The van der Waals surface area contributed by atoms with Crippen LogP contribution in [0.25, 0.3) is 11.0 Å². The number of nitrogens with one attached hydrogen (secondary N) is 2. The van der Waals surface area contributed by atoms with Gasteiger partial charge in [-0.05, 0) is 37.5 Å². The fourth-order valence-electron chi connectivity index (χ4n) is 3.40. The summed E-state index contributed by atoms with van der Waals surface area (Å²) in [5.74, 6) is 5.93. The fraction of sp³-hybridized carbons (Fsp3) is 0.318. The number of benzene rings is 1. The summed E-state index contributed by atoms with van der Waals surface area (Å²) in [4.78, 5) is 24.7. The lowest BCUT2D eigenvalue weighted by Crippen LogP contribution is -2.16. The summed E-state index contributed by atoms with van der Waals surface area (Å²) in [6.45, 7) is 4.49. The largest absolute Gasteiger partial charge is 0.383 e. The van der Waals surface area contributed by atoms with E-state index in [2.05, 4.69) is 39.0 Å². The molecular formula is C22H23N5O2. The molecule has 0 radical (unpaired) electrons. The zero-order valence-corrected chi connectivity index (χ0v) is 16.7. The molecule has 3 aromatic rings. The van der Waals surface area contributed by atoms with E-state index >= 15 is 0 Å². The van der Waals surface area contributed by atoms with Crippen LogP contribution in [0.5, 0.6) is 0 Å². The smallest absolute Gasteiger partial charge is 0.293 e. The molecule has 1 saturated carbocycles. The van der Waals surface area contributed by atoms with Gasteiger partial charge in [0.25, 0.3) is 5.91 Å². The van der Waals surface area contributed by atoms with Crippen molar-refractivity contribution >= 4 is 28.4 Å². The lowest BCUT2D eigenvalue weighted by Gasteiger charge is -2.07. The van der Waals surface area contributed by atoms with Crippen LogP contribution in [0.15, 0.2) is 24.3 Å². The Balaban J connectivity index is 1.67. The number of nitrogens with two attached hydrogens (primary N) is 1. The minimum atomic E-state index is -0.421. The number of nitrogens with zero attached hydrogens (tertiary/aromatic N) is 2. The molecule has 0 aliphatic heterocycles. The summed E-state index contributed by atoms with van der Waals surface area (Å²) < 4.78 is 5.10. The molecule has 4 rings (SSSR count). The van der Waals surface area contributed by atoms with E-state index in [0.29, 0.717) is 23.3 Å². The number of rotatable bonds is 5. The topological polar surface area (TPSA) is 106 Å². The van der Waals surface area contributed by atoms with Crippen LogP contribution in [0.2, 0.25) is 0 Å². The monoisotopic (exact) mass is 389 g/mol. The van der Waals surface area contributed by atoms with Crippen LogP contribution in [-0.4, -0.2) is 28.0 Å². The highest BCUT2D eigenvalue weighted by Crippen LogP contribution is 2.49. The molecule has 1 amide bonds. The summed E-state index contributed by atoms with van der Waals surface area (Å²) in [5, 5.41) is 3.49. The van der Waals surface area contributed by atoms with Gasteiger partial charge in [0.15, 0.2) is 0 Å². The Morgan fingerprint density at radius 1 is 1.31 bits per heavy atom. The number of aromatic amines is 1. The highest BCUT2D eigenvalue weighted by atomic mass is 16.5. The van der Waals surface area contributed by atoms with E-state index in [0.717, 1.165) is 29.7 Å². The molecule has 2 heterocycles. The van der Waals surface area contributed by atoms with Crippen molar-refractivity contribution in [1.29, 1.82) is 0 Å². The summed E-state index contributed by atoms with van der Waals surface area (Å²) in [6, 6.07) is 7.40. The Morgan fingerprint density at radius 3 is 2.66 bits per heavy atom. The van der Waals surface area contributed by atoms with Gasteiger partial charge in [0.05, 0.1) is 17.6 Å². The van der Waals surface area contributed by atoms with Crippen molar-refractivity contribution in [3.63, 3.8) is 0 Å². The van der Waals surface area contributed by atoms with Crippen LogP contribution >= 0.6 is 0 Å². The number of amides is 1. The SMILES string of the molecule is CC#Cc1c(C2(C)CC2)[nH]c2nc(C(=O)Nc3ccc(COC)cc3)nc(N)c12. The molecule has 0 atom stereocenters. The van der Waals surface area contributed by atoms with Gasteiger partial charge in [-0.2, -0.15) is 0 Å². The van der Waals surface area contributed by atoms with Crippen LogP contribution in [0, 0.1) is 11.8 Å². The normalized spacial score (nSPS) is 14.3. The number of methoxy groups -OCH3 is 1. The number of fused-ring (bicyclic) bond motifs is 1. The van der Waals surface area contributed by atoms with Crippen molar-refractivity contribution in [3.05, 3.63) is 46.9 Å². The summed E-state index contributed by atoms with van der Waals surface area (Å²) in [6.07, 6.45) is 2.16. The Labute approximate surface area is 169 Å². The predicted octanol–water partition coefficient (Wildman–Crippen LogP) is 3.36. The molecule has 7 nitrogen and oxygen atoms in total. The molecule has 4 N–H and O–H groups in total. The Hall–Kier alpha value is -3.37. The van der Waals surface area contributed by atoms with Crippen LogP contribution in [0.4, 0.5) is 11.5 Å². The molecule has 0 unspecified atom stereocenters. The number of nitrogen functional groups attached to an aromatic ring is 1. The number of H-pyrrole nitrogens is 1. The Kier molecular flexibility index (Phi) is 4.73. The number of aromatic nitrogens is 3. The molecule has 0 saturated heterocycles. The van der Waals surface area contributed by atoms with Gasteiger partial charge >= 0.3 is 0 Å². The van der Waals surface area contributed by atoms with Gasteiger partial charge in [0.1, 0.15) is 11.5 Å².